The van der Waals surface area contributed by atoms with Crippen molar-refractivity contribution in [1.82, 2.24) is 0 Å². The molecule has 0 aromatic heterocycles. The molecule has 0 saturated heterocycles. The summed E-state index contributed by atoms with van der Waals surface area (Å²) in [6, 6.07) is 3.69. The van der Waals surface area contributed by atoms with Gasteiger partial charge < -0.3 is 15.8 Å². The Balaban J connectivity index is 2.57. The summed E-state index contributed by atoms with van der Waals surface area (Å²) >= 11 is 6.09. The molecule has 0 bridgehead atoms. The first-order chi connectivity index (χ1) is 6.74. The number of nitrogens with one attached hydrogen (secondary N) is 1. The van der Waals surface area contributed by atoms with Gasteiger partial charge in [0, 0.05) is 23.2 Å². The van der Waals surface area contributed by atoms with E-state index in [-0.39, 0.29) is 6.04 Å². The lowest BCUT2D eigenvalue weighted by molar-refractivity contribution is 0.414. The molecule has 1 aliphatic heterocycles. The quantitative estimate of drug-likeness (QED) is 0.750. The zero-order valence-corrected chi connectivity index (χ0v) is 8.77. The summed E-state index contributed by atoms with van der Waals surface area (Å²) < 4.78 is 5.24. The molecule has 14 heavy (non-hydrogen) atoms. The lowest BCUT2D eigenvalue weighted by Gasteiger charge is -2.26. The Labute approximate surface area is 88.2 Å². The highest BCUT2D eigenvalue weighted by Gasteiger charge is 2.22. The first-order valence-corrected chi connectivity index (χ1v) is 4.97. The van der Waals surface area contributed by atoms with Gasteiger partial charge in [-0.15, -0.1) is 0 Å². The van der Waals surface area contributed by atoms with Crippen molar-refractivity contribution in [3.05, 3.63) is 22.7 Å². The van der Waals surface area contributed by atoms with E-state index in [0.29, 0.717) is 5.02 Å². The Morgan fingerprint density at radius 1 is 1.57 bits per heavy atom. The maximum atomic E-state index is 6.09. The lowest BCUT2D eigenvalue weighted by Crippen LogP contribution is -2.23. The monoisotopic (exact) mass is 212 g/mol. The minimum Gasteiger partial charge on any atom is -0.495 e. The van der Waals surface area contributed by atoms with Gasteiger partial charge in [0.1, 0.15) is 5.75 Å². The molecule has 1 aromatic rings. The molecule has 3 N–H and O–H groups in total. The van der Waals surface area contributed by atoms with Gasteiger partial charge in [0.2, 0.25) is 0 Å². The van der Waals surface area contributed by atoms with Crippen LogP contribution in [0.4, 0.5) is 5.69 Å². The van der Waals surface area contributed by atoms with Gasteiger partial charge >= 0.3 is 0 Å². The van der Waals surface area contributed by atoms with Crippen LogP contribution in [0.1, 0.15) is 18.0 Å². The van der Waals surface area contributed by atoms with E-state index in [2.05, 4.69) is 5.32 Å². The first kappa shape index (κ1) is 9.62. The summed E-state index contributed by atoms with van der Waals surface area (Å²) in [7, 11) is 1.64. The van der Waals surface area contributed by atoms with Crippen LogP contribution in [0.25, 0.3) is 0 Å². The zero-order valence-electron chi connectivity index (χ0n) is 8.01. The molecular formula is C10H13ClN2O. The molecule has 0 aliphatic carbocycles. The highest BCUT2D eigenvalue weighted by atomic mass is 35.5. The normalized spacial score (nSPS) is 19.8. The van der Waals surface area contributed by atoms with E-state index in [4.69, 9.17) is 22.1 Å². The molecule has 76 valence electrons. The summed E-state index contributed by atoms with van der Waals surface area (Å²) in [5.74, 6) is 0.805. The Hall–Kier alpha value is -0.930. The van der Waals surface area contributed by atoms with Crippen molar-refractivity contribution in [3.63, 3.8) is 0 Å². The smallest absolute Gasteiger partial charge is 0.142 e. The third kappa shape index (κ3) is 1.42. The number of benzene rings is 1. The van der Waals surface area contributed by atoms with Crippen molar-refractivity contribution >= 4 is 17.3 Å². The minimum absolute atomic E-state index is 0.00819. The van der Waals surface area contributed by atoms with Crippen LogP contribution in [0.3, 0.4) is 0 Å². The molecule has 1 aromatic carbocycles. The minimum atomic E-state index is 0.00819. The van der Waals surface area contributed by atoms with Gasteiger partial charge in [0.25, 0.3) is 0 Å². The van der Waals surface area contributed by atoms with Crippen LogP contribution >= 0.6 is 11.6 Å². The summed E-state index contributed by atoms with van der Waals surface area (Å²) in [4.78, 5) is 0. The maximum absolute atomic E-state index is 6.09. The van der Waals surface area contributed by atoms with E-state index in [1.165, 1.54) is 0 Å². The topological polar surface area (TPSA) is 47.3 Å². The Morgan fingerprint density at radius 2 is 2.36 bits per heavy atom. The Bertz CT molecular complexity index is 354. The van der Waals surface area contributed by atoms with Crippen LogP contribution in [0.2, 0.25) is 5.02 Å². The first-order valence-electron chi connectivity index (χ1n) is 4.60. The number of rotatable bonds is 1. The zero-order chi connectivity index (χ0) is 10.1. The highest BCUT2D eigenvalue weighted by Crippen LogP contribution is 2.40. The van der Waals surface area contributed by atoms with Gasteiger partial charge in [0.15, 0.2) is 0 Å². The van der Waals surface area contributed by atoms with Crippen LogP contribution in [-0.2, 0) is 0 Å². The van der Waals surface area contributed by atoms with Gasteiger partial charge in [0.05, 0.1) is 12.8 Å². The number of anilines is 1. The molecule has 0 radical (unpaired) electrons. The average molecular weight is 213 g/mol. The van der Waals surface area contributed by atoms with Crippen molar-refractivity contribution in [2.75, 3.05) is 19.0 Å². The molecule has 0 spiro atoms. The number of hydrogen-bond donors (Lipinski definition) is 2. The fourth-order valence-electron chi connectivity index (χ4n) is 1.79. The van der Waals surface area contributed by atoms with Gasteiger partial charge in [-0.2, -0.15) is 0 Å². The maximum Gasteiger partial charge on any atom is 0.142 e. The number of halogens is 1. The van der Waals surface area contributed by atoms with E-state index in [9.17, 15) is 0 Å². The third-order valence-electron chi connectivity index (χ3n) is 2.50. The molecule has 1 heterocycles. The molecule has 0 saturated carbocycles. The van der Waals surface area contributed by atoms with E-state index in [1.54, 1.807) is 7.11 Å². The molecular weight excluding hydrogens is 200 g/mol. The molecule has 4 heteroatoms. The fraction of sp³-hybridized carbons (Fsp3) is 0.400. The number of nitrogens with two attached hydrogens (primary N) is 1. The number of methoxy groups -OCH3 is 1. The third-order valence-corrected chi connectivity index (χ3v) is 2.83. The molecule has 1 aliphatic rings. The standard InChI is InChI=1S/C10H13ClN2O/c1-14-8-3-2-6(11)9-7(12)4-5-13-10(8)9/h2-3,7,13H,4-5,12H2,1H3. The highest BCUT2D eigenvalue weighted by molar-refractivity contribution is 6.32. The van der Waals surface area contributed by atoms with Crippen LogP contribution in [0.5, 0.6) is 5.75 Å². The van der Waals surface area contributed by atoms with E-state index >= 15 is 0 Å². The van der Waals surface area contributed by atoms with Gasteiger partial charge in [-0.3, -0.25) is 0 Å². The fourth-order valence-corrected chi connectivity index (χ4v) is 2.08. The Morgan fingerprint density at radius 3 is 3.07 bits per heavy atom. The SMILES string of the molecule is COc1ccc(Cl)c2c1NCCC2N. The van der Waals surface area contributed by atoms with Gasteiger partial charge in [-0.25, -0.2) is 0 Å². The van der Waals surface area contributed by atoms with Crippen molar-refractivity contribution < 1.29 is 4.74 Å². The van der Waals surface area contributed by atoms with Crippen molar-refractivity contribution in [2.24, 2.45) is 5.73 Å². The number of hydrogen-bond acceptors (Lipinski definition) is 3. The Kier molecular flexibility index (Phi) is 2.52. The number of fused-ring (bicyclic) bond motifs is 1. The summed E-state index contributed by atoms with van der Waals surface area (Å²) in [5, 5.41) is 3.97. The molecule has 1 atom stereocenters. The van der Waals surface area contributed by atoms with Crippen molar-refractivity contribution in [3.8, 4) is 5.75 Å². The second-order valence-corrected chi connectivity index (χ2v) is 3.77. The largest absolute Gasteiger partial charge is 0.495 e. The van der Waals surface area contributed by atoms with E-state index in [1.807, 2.05) is 12.1 Å². The summed E-state index contributed by atoms with van der Waals surface area (Å²) in [6.07, 6.45) is 0.903. The average Bonchev–Trinajstić information content (AvgIpc) is 2.18. The summed E-state index contributed by atoms with van der Waals surface area (Å²) in [6.45, 7) is 0.866. The van der Waals surface area contributed by atoms with Crippen molar-refractivity contribution in [2.45, 2.75) is 12.5 Å². The second-order valence-electron chi connectivity index (χ2n) is 3.36. The summed E-state index contributed by atoms with van der Waals surface area (Å²) in [5.41, 5.74) is 7.90. The van der Waals surface area contributed by atoms with Crippen LogP contribution < -0.4 is 15.8 Å². The molecule has 0 fully saturated rings. The van der Waals surface area contributed by atoms with Crippen LogP contribution in [0.15, 0.2) is 12.1 Å². The number of ether oxygens (including phenoxy) is 1. The van der Waals surface area contributed by atoms with Gasteiger partial charge in [-0.1, -0.05) is 11.6 Å². The molecule has 2 rings (SSSR count). The predicted octanol–water partition coefficient (Wildman–Crippen LogP) is 2.16. The second kappa shape index (κ2) is 3.67. The molecule has 3 nitrogen and oxygen atoms in total. The lowest BCUT2D eigenvalue weighted by atomic mass is 9.98. The molecule has 0 amide bonds. The van der Waals surface area contributed by atoms with E-state index in [0.717, 1.165) is 30.0 Å². The van der Waals surface area contributed by atoms with Crippen LogP contribution in [0, 0.1) is 0 Å². The molecule has 1 unspecified atom stereocenters. The predicted molar refractivity (Wildman–Crippen MR) is 58.0 cm³/mol. The van der Waals surface area contributed by atoms with E-state index < -0.39 is 0 Å². The van der Waals surface area contributed by atoms with Crippen LogP contribution in [-0.4, -0.2) is 13.7 Å². The van der Waals surface area contributed by atoms with Crippen molar-refractivity contribution in [1.29, 1.82) is 0 Å². The van der Waals surface area contributed by atoms with Gasteiger partial charge in [-0.05, 0) is 18.6 Å².